The fourth-order valence-corrected chi connectivity index (χ4v) is 2.45. The molecule has 1 unspecified atom stereocenters. The van der Waals surface area contributed by atoms with Crippen LogP contribution in [0.4, 0.5) is 0 Å². The first-order valence-corrected chi connectivity index (χ1v) is 6.90. The normalized spacial score (nSPS) is 20.8. The molecule has 1 atom stereocenters. The van der Waals surface area contributed by atoms with Crippen LogP contribution in [-0.4, -0.2) is 10.1 Å². The molecule has 0 amide bonds. The van der Waals surface area contributed by atoms with Crippen molar-refractivity contribution in [3.05, 3.63) is 11.7 Å². The zero-order valence-electron chi connectivity index (χ0n) is 10.7. The molecule has 0 spiro atoms. The standard InChI is InChI=1S/C13H23N3O/c1-2-11(14)13-15-12(16-17-13)10-8-6-4-3-5-7-9-10/h10-11H,2-9,14H2,1H3. The van der Waals surface area contributed by atoms with E-state index in [1.165, 1.54) is 44.9 Å². The zero-order chi connectivity index (χ0) is 12.1. The fourth-order valence-electron chi connectivity index (χ4n) is 2.45. The van der Waals surface area contributed by atoms with Crippen LogP contribution in [0.25, 0.3) is 0 Å². The second kappa shape index (κ2) is 6.15. The van der Waals surface area contributed by atoms with Gasteiger partial charge in [-0.1, -0.05) is 44.2 Å². The summed E-state index contributed by atoms with van der Waals surface area (Å²) in [5, 5.41) is 4.12. The first-order valence-electron chi connectivity index (χ1n) is 6.90. The molecule has 4 heteroatoms. The van der Waals surface area contributed by atoms with E-state index in [1.54, 1.807) is 0 Å². The Hall–Kier alpha value is -0.900. The summed E-state index contributed by atoms with van der Waals surface area (Å²) in [6.45, 7) is 2.03. The first-order chi connectivity index (χ1) is 8.31. The van der Waals surface area contributed by atoms with E-state index in [0.29, 0.717) is 11.8 Å². The van der Waals surface area contributed by atoms with Crippen molar-refractivity contribution in [2.24, 2.45) is 5.73 Å². The zero-order valence-corrected chi connectivity index (χ0v) is 10.7. The van der Waals surface area contributed by atoms with E-state index in [0.717, 1.165) is 12.2 Å². The lowest BCUT2D eigenvalue weighted by molar-refractivity contribution is 0.341. The monoisotopic (exact) mass is 237 g/mol. The lowest BCUT2D eigenvalue weighted by atomic mass is 9.91. The van der Waals surface area contributed by atoms with Gasteiger partial charge in [-0.15, -0.1) is 0 Å². The number of hydrogen-bond donors (Lipinski definition) is 1. The SMILES string of the molecule is CCC(N)c1nc(C2CCCCCCC2)no1. The number of nitrogens with two attached hydrogens (primary N) is 1. The van der Waals surface area contributed by atoms with Gasteiger partial charge >= 0.3 is 0 Å². The van der Waals surface area contributed by atoms with Crippen LogP contribution in [0.5, 0.6) is 0 Å². The van der Waals surface area contributed by atoms with Gasteiger partial charge in [-0.05, 0) is 19.3 Å². The summed E-state index contributed by atoms with van der Waals surface area (Å²) >= 11 is 0. The molecule has 1 aromatic rings. The Kier molecular flexibility index (Phi) is 4.54. The minimum atomic E-state index is -0.107. The molecule has 1 heterocycles. The van der Waals surface area contributed by atoms with E-state index in [-0.39, 0.29) is 6.04 Å². The van der Waals surface area contributed by atoms with Gasteiger partial charge in [0.05, 0.1) is 6.04 Å². The van der Waals surface area contributed by atoms with Gasteiger partial charge in [0.1, 0.15) is 0 Å². The number of aromatic nitrogens is 2. The third-order valence-electron chi connectivity index (χ3n) is 3.68. The Labute approximate surface area is 103 Å². The van der Waals surface area contributed by atoms with Crippen molar-refractivity contribution in [3.63, 3.8) is 0 Å². The van der Waals surface area contributed by atoms with Gasteiger partial charge in [-0.3, -0.25) is 0 Å². The molecule has 2 rings (SSSR count). The highest BCUT2D eigenvalue weighted by Crippen LogP contribution is 2.29. The van der Waals surface area contributed by atoms with Crippen LogP contribution in [0.15, 0.2) is 4.52 Å². The number of hydrogen-bond acceptors (Lipinski definition) is 4. The van der Waals surface area contributed by atoms with E-state index < -0.39 is 0 Å². The molecule has 17 heavy (non-hydrogen) atoms. The van der Waals surface area contributed by atoms with Crippen molar-refractivity contribution in [3.8, 4) is 0 Å². The Morgan fingerprint density at radius 3 is 2.53 bits per heavy atom. The molecule has 0 aromatic carbocycles. The van der Waals surface area contributed by atoms with Crippen LogP contribution in [0.1, 0.15) is 82.0 Å². The van der Waals surface area contributed by atoms with Gasteiger partial charge in [-0.25, -0.2) is 0 Å². The van der Waals surface area contributed by atoms with Crippen molar-refractivity contribution >= 4 is 0 Å². The van der Waals surface area contributed by atoms with Crippen molar-refractivity contribution in [1.82, 2.24) is 10.1 Å². The molecular formula is C13H23N3O. The molecule has 0 radical (unpaired) electrons. The summed E-state index contributed by atoms with van der Waals surface area (Å²) in [5.74, 6) is 1.97. The molecule has 1 aliphatic rings. The summed E-state index contributed by atoms with van der Waals surface area (Å²) in [6, 6.07) is -0.107. The van der Waals surface area contributed by atoms with Gasteiger partial charge in [0.2, 0.25) is 5.89 Å². The van der Waals surface area contributed by atoms with E-state index >= 15 is 0 Å². The summed E-state index contributed by atoms with van der Waals surface area (Å²) < 4.78 is 5.26. The van der Waals surface area contributed by atoms with Crippen molar-refractivity contribution in [2.75, 3.05) is 0 Å². The van der Waals surface area contributed by atoms with Crippen LogP contribution in [0.3, 0.4) is 0 Å². The molecule has 1 saturated carbocycles. The molecule has 2 N–H and O–H groups in total. The van der Waals surface area contributed by atoms with Gasteiger partial charge in [0.15, 0.2) is 5.82 Å². The maximum Gasteiger partial charge on any atom is 0.243 e. The minimum absolute atomic E-state index is 0.107. The lowest BCUT2D eigenvalue weighted by Crippen LogP contribution is -2.10. The second-order valence-electron chi connectivity index (χ2n) is 5.05. The molecule has 4 nitrogen and oxygen atoms in total. The average molecular weight is 237 g/mol. The molecule has 0 saturated heterocycles. The summed E-state index contributed by atoms with van der Waals surface area (Å²) in [6.07, 6.45) is 9.87. The average Bonchev–Trinajstić information content (AvgIpc) is 2.77. The quantitative estimate of drug-likeness (QED) is 0.876. The Morgan fingerprint density at radius 1 is 1.24 bits per heavy atom. The predicted molar refractivity (Wildman–Crippen MR) is 66.6 cm³/mol. The number of nitrogens with zero attached hydrogens (tertiary/aromatic N) is 2. The third-order valence-corrected chi connectivity index (χ3v) is 3.68. The molecule has 1 fully saturated rings. The maximum absolute atomic E-state index is 5.90. The van der Waals surface area contributed by atoms with Crippen molar-refractivity contribution in [1.29, 1.82) is 0 Å². The topological polar surface area (TPSA) is 64.9 Å². The predicted octanol–water partition coefficient (Wildman–Crippen LogP) is 3.31. The molecule has 0 bridgehead atoms. The van der Waals surface area contributed by atoms with Gasteiger partial charge in [-0.2, -0.15) is 4.98 Å². The lowest BCUT2D eigenvalue weighted by Gasteiger charge is -2.15. The Morgan fingerprint density at radius 2 is 1.88 bits per heavy atom. The van der Waals surface area contributed by atoms with Crippen LogP contribution >= 0.6 is 0 Å². The summed E-state index contributed by atoms with van der Waals surface area (Å²) in [7, 11) is 0. The van der Waals surface area contributed by atoms with Crippen LogP contribution in [0.2, 0.25) is 0 Å². The van der Waals surface area contributed by atoms with Crippen LogP contribution in [-0.2, 0) is 0 Å². The van der Waals surface area contributed by atoms with Gasteiger partial charge in [0, 0.05) is 5.92 Å². The molecule has 96 valence electrons. The molecule has 1 aromatic heterocycles. The molecule has 0 aliphatic heterocycles. The summed E-state index contributed by atoms with van der Waals surface area (Å²) in [5.41, 5.74) is 5.90. The van der Waals surface area contributed by atoms with E-state index in [9.17, 15) is 0 Å². The van der Waals surface area contributed by atoms with Crippen LogP contribution in [0, 0.1) is 0 Å². The highest BCUT2D eigenvalue weighted by molar-refractivity contribution is 4.98. The van der Waals surface area contributed by atoms with E-state index in [4.69, 9.17) is 10.3 Å². The van der Waals surface area contributed by atoms with E-state index in [1.807, 2.05) is 6.92 Å². The van der Waals surface area contributed by atoms with Gasteiger partial charge < -0.3 is 10.3 Å². The maximum atomic E-state index is 5.90. The highest BCUT2D eigenvalue weighted by Gasteiger charge is 2.20. The molecule has 1 aliphatic carbocycles. The number of rotatable bonds is 3. The molecular weight excluding hydrogens is 214 g/mol. The third kappa shape index (κ3) is 3.28. The largest absolute Gasteiger partial charge is 0.338 e. The highest BCUT2D eigenvalue weighted by atomic mass is 16.5. The van der Waals surface area contributed by atoms with Crippen molar-refractivity contribution < 1.29 is 4.52 Å². The second-order valence-corrected chi connectivity index (χ2v) is 5.05. The Bertz CT molecular complexity index is 329. The summed E-state index contributed by atoms with van der Waals surface area (Å²) in [4.78, 5) is 4.47. The van der Waals surface area contributed by atoms with Gasteiger partial charge in [0.25, 0.3) is 0 Å². The van der Waals surface area contributed by atoms with Crippen LogP contribution < -0.4 is 5.73 Å². The van der Waals surface area contributed by atoms with Crippen molar-refractivity contribution in [2.45, 2.75) is 70.3 Å². The smallest absolute Gasteiger partial charge is 0.243 e. The minimum Gasteiger partial charge on any atom is -0.338 e. The Balaban J connectivity index is 2.01. The van der Waals surface area contributed by atoms with E-state index in [2.05, 4.69) is 10.1 Å². The fraction of sp³-hybridized carbons (Fsp3) is 0.846. The first kappa shape index (κ1) is 12.6.